The van der Waals surface area contributed by atoms with Gasteiger partial charge in [0.05, 0.1) is 0 Å². The number of rotatable bonds is 18. The van der Waals surface area contributed by atoms with E-state index in [0.717, 1.165) is 0 Å². The molecule has 2 heteroatoms. The van der Waals surface area contributed by atoms with Crippen molar-refractivity contribution in [3.8, 4) is 0 Å². The van der Waals surface area contributed by atoms with Crippen LogP contribution in [0.25, 0.3) is 70.9 Å². The molecule has 8 rings (SSSR count). The molecule has 0 nitrogen and oxygen atoms in total. The Bertz CT molecular complexity index is 2280. The number of aryl methyl sites for hydroxylation is 2. The molecule has 0 N–H and O–H groups in total. The molecule has 0 aliphatic rings. The van der Waals surface area contributed by atoms with Crippen LogP contribution < -0.4 is 0 Å². The summed E-state index contributed by atoms with van der Waals surface area (Å²) < 4.78 is 6.22. The van der Waals surface area contributed by atoms with Crippen molar-refractivity contribution in [2.75, 3.05) is 0 Å². The molecule has 0 amide bonds. The molecule has 2 heterocycles. The van der Waals surface area contributed by atoms with E-state index in [9.17, 15) is 0 Å². The van der Waals surface area contributed by atoms with Gasteiger partial charge in [0.2, 0.25) is 0 Å². The first-order valence-corrected chi connectivity index (χ1v) is 24.2. The molecule has 0 atom stereocenters. The molecular weight excluding hydrogens is 758 g/mol. The van der Waals surface area contributed by atoms with Crippen molar-refractivity contribution in [3.05, 3.63) is 96.1 Å². The summed E-state index contributed by atoms with van der Waals surface area (Å²) in [5.74, 6) is 0. The van der Waals surface area contributed by atoms with E-state index >= 15 is 0 Å². The predicted molar refractivity (Wildman–Crippen MR) is 235 cm³/mol. The Labute approximate surface area is 323 Å². The van der Waals surface area contributed by atoms with Crippen LogP contribution in [0.2, 0.25) is 0 Å². The maximum atomic E-state index is 2.53. The third-order valence-corrected chi connectivity index (χ3v) is 16.4. The van der Waals surface area contributed by atoms with Crippen LogP contribution in [0, 0.1) is 0 Å². The summed E-state index contributed by atoms with van der Waals surface area (Å²) in [6.45, 7) is 4.60. The Kier molecular flexibility index (Phi) is 11.9. The van der Waals surface area contributed by atoms with Gasteiger partial charge in [-0.3, -0.25) is 0 Å². The van der Waals surface area contributed by atoms with Gasteiger partial charge in [-0.05, 0) is 0 Å². The monoisotopic (exact) mass is 816 g/mol. The van der Waals surface area contributed by atoms with Crippen LogP contribution in [-0.2, 0) is 12.8 Å². The number of unbranched alkanes of at least 4 members (excludes halogenated alkanes) is 14. The second kappa shape index (κ2) is 17.1. The minimum absolute atomic E-state index is 0.351. The number of hydrogen-bond donors (Lipinski definition) is 0. The van der Waals surface area contributed by atoms with Crippen molar-refractivity contribution in [3.63, 3.8) is 0 Å². The third-order valence-electron chi connectivity index (χ3n) is 11.7. The van der Waals surface area contributed by atoms with Crippen molar-refractivity contribution in [2.45, 2.75) is 129 Å². The van der Waals surface area contributed by atoms with Crippen LogP contribution in [0.4, 0.5) is 0 Å². The van der Waals surface area contributed by atoms with Crippen molar-refractivity contribution < 1.29 is 0 Å². The van der Waals surface area contributed by atoms with Gasteiger partial charge in [-0.1, -0.05) is 39.5 Å². The summed E-state index contributed by atoms with van der Waals surface area (Å²) in [7, 11) is 0. The van der Waals surface area contributed by atoms with Gasteiger partial charge >= 0.3 is 286 Å². The molecule has 0 radical (unpaired) electrons. The van der Waals surface area contributed by atoms with E-state index in [2.05, 4.69) is 98.8 Å². The second-order valence-corrected chi connectivity index (χ2v) is 20.3. The molecule has 52 heavy (non-hydrogen) atoms. The Balaban J connectivity index is 1.00. The molecule has 8 aromatic rings. The summed E-state index contributed by atoms with van der Waals surface area (Å²) in [5.41, 5.74) is 3.02. The van der Waals surface area contributed by atoms with Crippen LogP contribution in [0.3, 0.4) is 0 Å². The fourth-order valence-electron chi connectivity index (χ4n) is 8.61. The normalized spacial score (nSPS) is 12.3. The summed E-state index contributed by atoms with van der Waals surface area (Å²) in [6, 6.07) is 34.7. The van der Waals surface area contributed by atoms with Crippen molar-refractivity contribution in [1.29, 1.82) is 0 Å². The third kappa shape index (κ3) is 8.12. The summed E-state index contributed by atoms with van der Waals surface area (Å²) >= 11 is 0.703. The van der Waals surface area contributed by atoms with Crippen molar-refractivity contribution in [2.24, 2.45) is 0 Å². The van der Waals surface area contributed by atoms with Crippen LogP contribution in [-0.4, -0.2) is 29.0 Å². The molecule has 268 valence electrons. The molecule has 0 aliphatic heterocycles. The summed E-state index contributed by atoms with van der Waals surface area (Å²) in [5, 5.41) is 14.4. The van der Waals surface area contributed by atoms with Gasteiger partial charge in [0.25, 0.3) is 0 Å². The van der Waals surface area contributed by atoms with Gasteiger partial charge in [0.15, 0.2) is 0 Å². The van der Waals surface area contributed by atoms with Crippen molar-refractivity contribution in [1.82, 2.24) is 0 Å². The first-order valence-electron chi connectivity index (χ1n) is 20.8. The molecule has 0 spiro atoms. The van der Waals surface area contributed by atoms with Gasteiger partial charge in [0.1, 0.15) is 0 Å². The Morgan fingerprint density at radius 2 is 0.615 bits per heavy atom. The molecule has 0 bridgehead atoms. The predicted octanol–water partition coefficient (Wildman–Crippen LogP) is 15.2. The van der Waals surface area contributed by atoms with Gasteiger partial charge in [-0.25, -0.2) is 0 Å². The van der Waals surface area contributed by atoms with E-state index in [1.54, 1.807) is 17.0 Å². The fraction of sp³-hybridized carbons (Fsp3) is 0.400. The standard InChI is InChI=1S/C50H56Se2/c1-3-5-7-9-11-13-15-17-19-35-21-23-37-27-43-45-29-41-34-50-46(30-42(41)33-49(45)51-47(43)31-39(37)25-35)44-28-38-24-22-36(26-40(38)32-48(44)52-50)20-18-16-14-12-10-8-6-4-2/h21-34H,3-20H2,1-2H3. The van der Waals surface area contributed by atoms with Crippen LogP contribution in [0.15, 0.2) is 84.9 Å². The molecule has 0 aliphatic carbocycles. The summed E-state index contributed by atoms with van der Waals surface area (Å²) in [6.07, 6.45) is 24.6. The number of benzene rings is 6. The van der Waals surface area contributed by atoms with E-state index in [4.69, 9.17) is 0 Å². The van der Waals surface area contributed by atoms with Crippen LogP contribution in [0.5, 0.6) is 0 Å². The van der Waals surface area contributed by atoms with Gasteiger partial charge < -0.3 is 0 Å². The van der Waals surface area contributed by atoms with E-state index in [1.807, 2.05) is 0 Å². The molecule has 6 aromatic carbocycles. The first kappa shape index (κ1) is 36.1. The average Bonchev–Trinajstić information content (AvgIpc) is 3.68. The van der Waals surface area contributed by atoms with Gasteiger partial charge in [-0.15, -0.1) is 0 Å². The average molecular weight is 815 g/mol. The number of hydrogen-bond acceptors (Lipinski definition) is 0. The Morgan fingerprint density at radius 1 is 0.308 bits per heavy atom. The van der Waals surface area contributed by atoms with Gasteiger partial charge in [0, 0.05) is 0 Å². The quantitative estimate of drug-likeness (QED) is 0.0598. The SMILES string of the molecule is CCCCCCCCCCc1ccc2cc3c(cc2c1)[se]c1cc2cc4c(cc2cc13)[se]c1cc2cc(CCCCCCCCCC)ccc2cc14. The Hall–Kier alpha value is -2.86. The van der Waals surface area contributed by atoms with Crippen molar-refractivity contribution >= 4 is 99.9 Å². The van der Waals surface area contributed by atoms with E-state index in [-0.39, 0.29) is 0 Å². The number of fused-ring (bicyclic) bond motifs is 9. The zero-order chi connectivity index (χ0) is 35.3. The zero-order valence-electron chi connectivity index (χ0n) is 31.6. The molecule has 0 unspecified atom stereocenters. The zero-order valence-corrected chi connectivity index (χ0v) is 35.1. The molecule has 0 saturated carbocycles. The van der Waals surface area contributed by atoms with Gasteiger partial charge in [-0.2, -0.15) is 0 Å². The Morgan fingerprint density at radius 3 is 0.981 bits per heavy atom. The topological polar surface area (TPSA) is 0 Å². The second-order valence-electron chi connectivity index (χ2n) is 15.8. The van der Waals surface area contributed by atoms with Crippen LogP contribution in [0.1, 0.15) is 128 Å². The molecule has 0 fully saturated rings. The molecular formula is C50H56Se2. The summed E-state index contributed by atoms with van der Waals surface area (Å²) in [4.78, 5) is 0. The molecule has 0 saturated heterocycles. The maximum absolute atomic E-state index is 2.53. The molecule has 2 aromatic heterocycles. The van der Waals surface area contributed by atoms with E-state index < -0.39 is 0 Å². The van der Waals surface area contributed by atoms with Crippen LogP contribution >= 0.6 is 0 Å². The van der Waals surface area contributed by atoms with E-state index in [1.165, 1.54) is 181 Å². The van der Waals surface area contributed by atoms with E-state index in [0.29, 0.717) is 29.0 Å². The minimum atomic E-state index is 0.351. The first-order chi connectivity index (χ1) is 25.7. The fourth-order valence-corrected chi connectivity index (χ4v) is 13.5.